The SMILES string of the molecule is Cc1ccc(C)c(CN2C(=O)CC(c3cccs3)=Nc3ccccc32)c1. The molecule has 0 radical (unpaired) electrons. The molecule has 0 spiro atoms. The van der Waals surface area contributed by atoms with Gasteiger partial charge < -0.3 is 4.90 Å². The summed E-state index contributed by atoms with van der Waals surface area (Å²) in [5.74, 6) is 0.0861. The van der Waals surface area contributed by atoms with Crippen LogP contribution in [0.4, 0.5) is 11.4 Å². The van der Waals surface area contributed by atoms with Gasteiger partial charge >= 0.3 is 0 Å². The average molecular weight is 360 g/mol. The number of hydrogen-bond donors (Lipinski definition) is 0. The molecule has 0 saturated heterocycles. The second kappa shape index (κ2) is 6.89. The summed E-state index contributed by atoms with van der Waals surface area (Å²) < 4.78 is 0. The molecule has 1 aliphatic rings. The van der Waals surface area contributed by atoms with Crippen LogP contribution in [0.15, 0.2) is 65.0 Å². The summed E-state index contributed by atoms with van der Waals surface area (Å²) in [5.41, 5.74) is 6.16. The number of hydrogen-bond acceptors (Lipinski definition) is 3. The van der Waals surface area contributed by atoms with Crippen LogP contribution in [0, 0.1) is 13.8 Å². The molecule has 0 saturated carbocycles. The smallest absolute Gasteiger partial charge is 0.233 e. The Bertz CT molecular complexity index is 989. The zero-order chi connectivity index (χ0) is 18.1. The summed E-state index contributed by atoms with van der Waals surface area (Å²) in [6.45, 7) is 4.74. The van der Waals surface area contributed by atoms with Crippen LogP contribution in [0.1, 0.15) is 28.0 Å². The van der Waals surface area contributed by atoms with Crippen molar-refractivity contribution in [3.63, 3.8) is 0 Å². The van der Waals surface area contributed by atoms with E-state index in [1.807, 2.05) is 46.7 Å². The molecule has 1 amide bonds. The summed E-state index contributed by atoms with van der Waals surface area (Å²) >= 11 is 1.62. The number of aryl methyl sites for hydroxylation is 2. The molecule has 0 atom stereocenters. The Morgan fingerprint density at radius 1 is 1.08 bits per heavy atom. The summed E-state index contributed by atoms with van der Waals surface area (Å²) in [5, 5.41) is 2.02. The van der Waals surface area contributed by atoms with E-state index in [0.29, 0.717) is 13.0 Å². The zero-order valence-electron chi connectivity index (χ0n) is 14.9. The Labute approximate surface area is 157 Å². The highest BCUT2D eigenvalue weighted by molar-refractivity contribution is 7.12. The van der Waals surface area contributed by atoms with E-state index in [9.17, 15) is 4.79 Å². The van der Waals surface area contributed by atoms with Gasteiger partial charge in [0.1, 0.15) is 0 Å². The summed E-state index contributed by atoms with van der Waals surface area (Å²) in [6, 6.07) is 18.3. The Balaban J connectivity index is 1.76. The van der Waals surface area contributed by atoms with E-state index in [1.54, 1.807) is 11.3 Å². The van der Waals surface area contributed by atoms with Crippen LogP contribution in [-0.2, 0) is 11.3 Å². The first-order valence-electron chi connectivity index (χ1n) is 8.69. The first-order valence-corrected chi connectivity index (χ1v) is 9.57. The van der Waals surface area contributed by atoms with Crippen LogP contribution in [0.25, 0.3) is 0 Å². The summed E-state index contributed by atoms with van der Waals surface area (Å²) in [4.78, 5) is 20.9. The van der Waals surface area contributed by atoms with Crippen LogP contribution < -0.4 is 4.90 Å². The quantitative estimate of drug-likeness (QED) is 0.613. The second-order valence-corrected chi connectivity index (χ2v) is 7.56. The van der Waals surface area contributed by atoms with E-state index in [0.717, 1.165) is 22.0 Å². The molecule has 4 heteroatoms. The van der Waals surface area contributed by atoms with Crippen molar-refractivity contribution in [2.45, 2.75) is 26.8 Å². The monoisotopic (exact) mass is 360 g/mol. The third kappa shape index (κ3) is 3.20. The minimum Gasteiger partial charge on any atom is -0.306 e. The molecule has 4 rings (SSSR count). The van der Waals surface area contributed by atoms with Crippen molar-refractivity contribution in [1.29, 1.82) is 0 Å². The number of thiophene rings is 1. The summed E-state index contributed by atoms with van der Waals surface area (Å²) in [6.07, 6.45) is 0.320. The minimum atomic E-state index is 0.0861. The molecule has 0 bridgehead atoms. The largest absolute Gasteiger partial charge is 0.306 e. The van der Waals surface area contributed by atoms with Gasteiger partial charge in [-0.2, -0.15) is 0 Å². The van der Waals surface area contributed by atoms with Gasteiger partial charge in [-0.3, -0.25) is 4.79 Å². The lowest BCUT2D eigenvalue weighted by Gasteiger charge is -2.23. The molecule has 2 heterocycles. The Kier molecular flexibility index (Phi) is 4.43. The molecular formula is C22H20N2OS. The number of nitrogens with zero attached hydrogens (tertiary/aromatic N) is 2. The molecule has 3 aromatic rings. The highest BCUT2D eigenvalue weighted by Gasteiger charge is 2.25. The third-order valence-electron chi connectivity index (χ3n) is 4.69. The predicted molar refractivity (Wildman–Crippen MR) is 109 cm³/mol. The lowest BCUT2D eigenvalue weighted by molar-refractivity contribution is -0.117. The van der Waals surface area contributed by atoms with Gasteiger partial charge in [-0.25, -0.2) is 4.99 Å². The van der Waals surface area contributed by atoms with E-state index in [1.165, 1.54) is 16.7 Å². The molecule has 3 nitrogen and oxygen atoms in total. The molecule has 0 aliphatic carbocycles. The van der Waals surface area contributed by atoms with E-state index >= 15 is 0 Å². The fourth-order valence-corrected chi connectivity index (χ4v) is 3.96. The Hall–Kier alpha value is -2.72. The van der Waals surface area contributed by atoms with Gasteiger partial charge in [-0.15, -0.1) is 11.3 Å². The number of aliphatic imine (C=N–C) groups is 1. The second-order valence-electron chi connectivity index (χ2n) is 6.61. The number of amides is 1. The number of benzene rings is 2. The van der Waals surface area contributed by atoms with Crippen LogP contribution in [0.5, 0.6) is 0 Å². The molecule has 0 N–H and O–H groups in total. The maximum atomic E-state index is 13.1. The van der Waals surface area contributed by atoms with Crippen molar-refractivity contribution < 1.29 is 4.79 Å². The number of carbonyl (C=O) groups excluding carboxylic acids is 1. The van der Waals surface area contributed by atoms with Gasteiger partial charge in [0, 0.05) is 4.88 Å². The van der Waals surface area contributed by atoms with E-state index in [2.05, 4.69) is 32.0 Å². The molecule has 1 aromatic heterocycles. The van der Waals surface area contributed by atoms with Gasteiger partial charge in [0.25, 0.3) is 0 Å². The van der Waals surface area contributed by atoms with E-state index < -0.39 is 0 Å². The fourth-order valence-electron chi connectivity index (χ4n) is 3.24. The molecule has 130 valence electrons. The number of anilines is 1. The fraction of sp³-hybridized carbons (Fsp3) is 0.182. The van der Waals surface area contributed by atoms with Crippen molar-refractivity contribution in [2.24, 2.45) is 4.99 Å². The standard InChI is InChI=1S/C22H20N2OS/c1-15-9-10-16(2)17(12-15)14-24-20-7-4-3-6-18(20)23-19(13-22(24)25)21-8-5-11-26-21/h3-12H,13-14H2,1-2H3. The van der Waals surface area contributed by atoms with Crippen molar-refractivity contribution in [3.8, 4) is 0 Å². The lowest BCUT2D eigenvalue weighted by Crippen LogP contribution is -2.31. The number of carbonyl (C=O) groups is 1. The molecule has 2 aromatic carbocycles. The predicted octanol–water partition coefficient (Wildman–Crippen LogP) is 5.42. The molecule has 0 fully saturated rings. The van der Waals surface area contributed by atoms with Crippen molar-refractivity contribution in [1.82, 2.24) is 0 Å². The van der Waals surface area contributed by atoms with Crippen molar-refractivity contribution >= 4 is 34.3 Å². The van der Waals surface area contributed by atoms with Crippen LogP contribution >= 0.6 is 11.3 Å². The Morgan fingerprint density at radius 3 is 2.73 bits per heavy atom. The molecule has 0 unspecified atom stereocenters. The van der Waals surface area contributed by atoms with Gasteiger partial charge in [-0.1, -0.05) is 42.0 Å². The maximum absolute atomic E-state index is 13.1. The minimum absolute atomic E-state index is 0.0861. The number of fused-ring (bicyclic) bond motifs is 1. The van der Waals surface area contributed by atoms with E-state index in [-0.39, 0.29) is 5.91 Å². The van der Waals surface area contributed by atoms with Crippen LogP contribution in [-0.4, -0.2) is 11.6 Å². The number of para-hydroxylation sites is 2. The lowest BCUT2D eigenvalue weighted by atomic mass is 10.0. The summed E-state index contributed by atoms with van der Waals surface area (Å²) in [7, 11) is 0. The topological polar surface area (TPSA) is 32.7 Å². The van der Waals surface area contributed by atoms with Crippen LogP contribution in [0.2, 0.25) is 0 Å². The first-order chi connectivity index (χ1) is 12.6. The Morgan fingerprint density at radius 2 is 1.92 bits per heavy atom. The number of rotatable bonds is 3. The highest BCUT2D eigenvalue weighted by Crippen LogP contribution is 2.34. The molecular weight excluding hydrogens is 340 g/mol. The molecule has 1 aliphatic heterocycles. The maximum Gasteiger partial charge on any atom is 0.233 e. The highest BCUT2D eigenvalue weighted by atomic mass is 32.1. The van der Waals surface area contributed by atoms with Gasteiger partial charge in [0.15, 0.2) is 0 Å². The zero-order valence-corrected chi connectivity index (χ0v) is 15.7. The first kappa shape index (κ1) is 16.7. The molecule has 26 heavy (non-hydrogen) atoms. The third-order valence-corrected chi connectivity index (χ3v) is 5.61. The van der Waals surface area contributed by atoms with Gasteiger partial charge in [0.05, 0.1) is 30.1 Å². The van der Waals surface area contributed by atoms with Crippen molar-refractivity contribution in [2.75, 3.05) is 4.90 Å². The van der Waals surface area contributed by atoms with Gasteiger partial charge in [0.2, 0.25) is 5.91 Å². The average Bonchev–Trinajstić information content (AvgIpc) is 3.13. The van der Waals surface area contributed by atoms with Crippen LogP contribution in [0.3, 0.4) is 0 Å². The van der Waals surface area contributed by atoms with E-state index in [4.69, 9.17) is 4.99 Å². The van der Waals surface area contributed by atoms with Crippen molar-refractivity contribution in [3.05, 3.63) is 81.5 Å². The van der Waals surface area contributed by atoms with Gasteiger partial charge in [-0.05, 0) is 48.6 Å². The normalized spacial score (nSPS) is 14.0.